The van der Waals surface area contributed by atoms with Crippen LogP contribution in [-0.2, 0) is 9.53 Å². The van der Waals surface area contributed by atoms with Gasteiger partial charge in [-0.3, -0.25) is 9.59 Å². The lowest BCUT2D eigenvalue weighted by Gasteiger charge is -2.12. The molecule has 0 aliphatic carbocycles. The monoisotopic (exact) mass is 352 g/mol. The molecule has 0 saturated heterocycles. The number of ketones is 2. The third-order valence-electron chi connectivity index (χ3n) is 3.99. The summed E-state index contributed by atoms with van der Waals surface area (Å²) in [7, 11) is 1.23. The van der Waals surface area contributed by atoms with Crippen LogP contribution in [0.2, 0.25) is 0 Å². The maximum atomic E-state index is 12.7. The highest BCUT2D eigenvalue weighted by Gasteiger charge is 2.27. The number of carbonyl (C=O) groups is 3. The molecule has 2 aromatic carbocycles. The lowest BCUT2D eigenvalue weighted by molar-refractivity contribution is -0.116. The van der Waals surface area contributed by atoms with Crippen LogP contribution in [0.4, 0.5) is 0 Å². The average molecular weight is 352 g/mol. The lowest BCUT2D eigenvalue weighted by atomic mass is 9.89. The maximum Gasteiger partial charge on any atom is 0.337 e. The summed E-state index contributed by atoms with van der Waals surface area (Å²) in [5.41, 5.74) is 0.913. The molecule has 0 fully saturated rings. The molecule has 5 nitrogen and oxygen atoms in total. The van der Waals surface area contributed by atoms with E-state index in [1.165, 1.54) is 31.4 Å². The molecule has 1 atom stereocenters. The molecule has 2 rings (SSSR count). The minimum atomic E-state index is -0.936. The second kappa shape index (κ2) is 8.76. The third-order valence-corrected chi connectivity index (χ3v) is 3.99. The standard InChI is InChI=1S/C21H20O5/c1-3-16(18(22)11-9-14-7-5-4-6-8-14)20(24)17-13-15(21(25)26-2)10-12-19(17)23/h4-13,16,23H,3H2,1-2H3. The summed E-state index contributed by atoms with van der Waals surface area (Å²) < 4.78 is 4.62. The van der Waals surface area contributed by atoms with Crippen molar-refractivity contribution in [2.45, 2.75) is 13.3 Å². The molecule has 0 saturated carbocycles. The summed E-state index contributed by atoms with van der Waals surface area (Å²) in [6.45, 7) is 1.72. The Balaban J connectivity index is 2.26. The SMILES string of the molecule is CCC(C(=O)C=Cc1ccccc1)C(=O)c1cc(C(=O)OC)ccc1O. The van der Waals surface area contributed by atoms with Crippen LogP contribution in [0.3, 0.4) is 0 Å². The van der Waals surface area contributed by atoms with Crippen LogP contribution in [-0.4, -0.2) is 29.8 Å². The zero-order chi connectivity index (χ0) is 19.1. The molecule has 0 aliphatic rings. The van der Waals surface area contributed by atoms with E-state index in [-0.39, 0.29) is 29.1 Å². The first kappa shape index (κ1) is 19.1. The van der Waals surface area contributed by atoms with Crippen LogP contribution in [0.25, 0.3) is 6.08 Å². The van der Waals surface area contributed by atoms with Crippen molar-refractivity contribution in [2.75, 3.05) is 7.11 Å². The smallest absolute Gasteiger partial charge is 0.337 e. The van der Waals surface area contributed by atoms with Gasteiger partial charge in [0.15, 0.2) is 11.6 Å². The summed E-state index contributed by atoms with van der Waals surface area (Å²) in [5, 5.41) is 9.99. The van der Waals surface area contributed by atoms with Crippen molar-refractivity contribution in [3.63, 3.8) is 0 Å². The van der Waals surface area contributed by atoms with Crippen molar-refractivity contribution in [3.05, 3.63) is 71.3 Å². The Hall–Kier alpha value is -3.21. The number of ether oxygens (including phenoxy) is 1. The van der Waals surface area contributed by atoms with Crippen LogP contribution in [0.5, 0.6) is 5.75 Å². The van der Waals surface area contributed by atoms with Crippen LogP contribution in [0, 0.1) is 5.92 Å². The zero-order valence-electron chi connectivity index (χ0n) is 14.6. The number of phenols is 1. The Labute approximate surface area is 151 Å². The van der Waals surface area contributed by atoms with E-state index in [9.17, 15) is 19.5 Å². The van der Waals surface area contributed by atoms with Crippen molar-refractivity contribution in [1.29, 1.82) is 0 Å². The molecule has 1 unspecified atom stereocenters. The molecule has 0 amide bonds. The number of aromatic hydroxyl groups is 1. The Morgan fingerprint density at radius 3 is 2.42 bits per heavy atom. The van der Waals surface area contributed by atoms with E-state index >= 15 is 0 Å². The molecule has 0 bridgehead atoms. The Morgan fingerprint density at radius 1 is 1.12 bits per heavy atom. The second-order valence-corrected chi connectivity index (χ2v) is 5.69. The van der Waals surface area contributed by atoms with E-state index in [4.69, 9.17) is 0 Å². The molecule has 0 aliphatic heterocycles. The number of allylic oxidation sites excluding steroid dienone is 1. The predicted molar refractivity (Wildman–Crippen MR) is 98.0 cm³/mol. The molecule has 26 heavy (non-hydrogen) atoms. The van der Waals surface area contributed by atoms with Crippen molar-refractivity contribution >= 4 is 23.6 Å². The van der Waals surface area contributed by atoms with Gasteiger partial charge in [-0.25, -0.2) is 4.79 Å². The van der Waals surface area contributed by atoms with Gasteiger partial charge >= 0.3 is 5.97 Å². The molecule has 2 aromatic rings. The zero-order valence-corrected chi connectivity index (χ0v) is 14.6. The fraction of sp³-hybridized carbons (Fsp3) is 0.190. The highest BCUT2D eigenvalue weighted by atomic mass is 16.5. The van der Waals surface area contributed by atoms with E-state index in [0.29, 0.717) is 0 Å². The Morgan fingerprint density at radius 2 is 1.81 bits per heavy atom. The quantitative estimate of drug-likeness (QED) is 0.356. The van der Waals surface area contributed by atoms with Gasteiger partial charge in [0.2, 0.25) is 0 Å². The van der Waals surface area contributed by atoms with Gasteiger partial charge in [0.05, 0.1) is 24.2 Å². The number of esters is 1. The molecule has 134 valence electrons. The third kappa shape index (κ3) is 4.45. The summed E-state index contributed by atoms with van der Waals surface area (Å²) in [5.74, 6) is -2.72. The summed E-state index contributed by atoms with van der Waals surface area (Å²) in [4.78, 5) is 36.9. The highest BCUT2D eigenvalue weighted by molar-refractivity contribution is 6.16. The molecular formula is C21H20O5. The van der Waals surface area contributed by atoms with Gasteiger partial charge in [-0.2, -0.15) is 0 Å². The van der Waals surface area contributed by atoms with E-state index in [1.807, 2.05) is 30.3 Å². The number of hydrogen-bond donors (Lipinski definition) is 1. The van der Waals surface area contributed by atoms with Gasteiger partial charge in [0.25, 0.3) is 0 Å². The van der Waals surface area contributed by atoms with Gasteiger partial charge < -0.3 is 9.84 Å². The number of rotatable bonds is 7. The van der Waals surface area contributed by atoms with E-state index in [0.717, 1.165) is 5.56 Å². The van der Waals surface area contributed by atoms with Crippen molar-refractivity contribution < 1.29 is 24.2 Å². The molecule has 0 heterocycles. The van der Waals surface area contributed by atoms with Crippen molar-refractivity contribution in [3.8, 4) is 5.75 Å². The minimum absolute atomic E-state index is 0.0683. The first-order chi connectivity index (χ1) is 12.5. The van der Waals surface area contributed by atoms with Crippen LogP contribution < -0.4 is 0 Å². The highest BCUT2D eigenvalue weighted by Crippen LogP contribution is 2.24. The van der Waals surface area contributed by atoms with Gasteiger partial charge in [-0.1, -0.05) is 43.3 Å². The molecular weight excluding hydrogens is 332 g/mol. The first-order valence-electron chi connectivity index (χ1n) is 8.20. The van der Waals surface area contributed by atoms with Gasteiger partial charge in [0.1, 0.15) is 5.75 Å². The number of hydrogen-bond acceptors (Lipinski definition) is 5. The number of phenolic OH excluding ortho intramolecular Hbond substituents is 1. The summed E-state index contributed by atoms with van der Waals surface area (Å²) >= 11 is 0. The van der Waals surface area contributed by atoms with Gasteiger partial charge in [0, 0.05) is 0 Å². The second-order valence-electron chi connectivity index (χ2n) is 5.69. The normalized spacial score (nSPS) is 11.9. The molecule has 0 radical (unpaired) electrons. The largest absolute Gasteiger partial charge is 0.507 e. The van der Waals surface area contributed by atoms with Crippen LogP contribution in [0.15, 0.2) is 54.6 Å². The number of methoxy groups -OCH3 is 1. The van der Waals surface area contributed by atoms with Gasteiger partial charge in [-0.05, 0) is 36.3 Å². The number of carbonyl (C=O) groups excluding carboxylic acids is 3. The van der Waals surface area contributed by atoms with Crippen LogP contribution in [0.1, 0.15) is 39.6 Å². The topological polar surface area (TPSA) is 80.7 Å². The number of Topliss-reactive ketones (excluding diaryl/α,β-unsaturated/α-hetero) is 1. The molecule has 0 aromatic heterocycles. The van der Waals surface area contributed by atoms with Crippen LogP contribution >= 0.6 is 0 Å². The fourth-order valence-corrected chi connectivity index (χ4v) is 2.54. The van der Waals surface area contributed by atoms with Gasteiger partial charge in [-0.15, -0.1) is 0 Å². The molecule has 0 spiro atoms. The van der Waals surface area contributed by atoms with Crippen molar-refractivity contribution in [1.82, 2.24) is 0 Å². The van der Waals surface area contributed by atoms with Crippen molar-refractivity contribution in [2.24, 2.45) is 5.92 Å². The van der Waals surface area contributed by atoms with E-state index in [2.05, 4.69) is 4.74 Å². The average Bonchev–Trinajstić information content (AvgIpc) is 2.67. The predicted octanol–water partition coefficient (Wildman–Crippen LogP) is 3.67. The fourth-order valence-electron chi connectivity index (χ4n) is 2.54. The Kier molecular flexibility index (Phi) is 6.44. The maximum absolute atomic E-state index is 12.7. The van der Waals surface area contributed by atoms with E-state index < -0.39 is 17.7 Å². The van der Waals surface area contributed by atoms with E-state index in [1.54, 1.807) is 13.0 Å². The first-order valence-corrected chi connectivity index (χ1v) is 8.20. The molecule has 1 N–H and O–H groups in total. The minimum Gasteiger partial charge on any atom is -0.507 e. The summed E-state index contributed by atoms with van der Waals surface area (Å²) in [6, 6.07) is 13.1. The molecule has 5 heteroatoms. The lowest BCUT2D eigenvalue weighted by Crippen LogP contribution is -2.22. The number of benzene rings is 2. The summed E-state index contributed by atoms with van der Waals surface area (Å²) in [6.07, 6.45) is 3.28. The Bertz CT molecular complexity index is 837.